The van der Waals surface area contributed by atoms with Gasteiger partial charge in [0.15, 0.2) is 6.29 Å². The molecule has 12 atom stereocenters. The SMILES string of the molecule is CC1(C)CC[C@@]2(C(=O)O)CC[C@]3(C)C(=CC[C@H]4[C@]5(C)CC[C@@H](O[C@H]6OC[C@H](O)[C@@H](O)[C@@H]6O)C(C)(C)[C@H]5CC[C@]43C)[C@H]2C1. The van der Waals surface area contributed by atoms with Crippen molar-refractivity contribution in [1.29, 1.82) is 0 Å². The number of carboxylic acid groups (broad SMARTS) is 1. The van der Waals surface area contributed by atoms with E-state index in [1.807, 2.05) is 0 Å². The zero-order valence-electron chi connectivity index (χ0n) is 27.0. The second-order valence-electron chi connectivity index (χ2n) is 17.4. The topological polar surface area (TPSA) is 116 Å². The number of carboxylic acids is 1. The zero-order valence-corrected chi connectivity index (χ0v) is 27.0. The minimum absolute atomic E-state index is 0.00452. The van der Waals surface area contributed by atoms with Crippen LogP contribution in [0.2, 0.25) is 0 Å². The lowest BCUT2D eigenvalue weighted by Gasteiger charge is -2.71. The smallest absolute Gasteiger partial charge is 0.310 e. The molecule has 7 nitrogen and oxygen atoms in total. The van der Waals surface area contributed by atoms with Crippen LogP contribution >= 0.6 is 0 Å². The van der Waals surface area contributed by atoms with Gasteiger partial charge in [0.1, 0.15) is 18.3 Å². The second kappa shape index (κ2) is 9.75. The minimum atomic E-state index is -1.27. The van der Waals surface area contributed by atoms with E-state index in [9.17, 15) is 25.2 Å². The Kier molecular flexibility index (Phi) is 7.20. The van der Waals surface area contributed by atoms with Gasteiger partial charge in [0, 0.05) is 0 Å². The fraction of sp³-hybridized carbons (Fsp3) is 0.914. The third-order valence-corrected chi connectivity index (χ3v) is 14.8. The summed E-state index contributed by atoms with van der Waals surface area (Å²) in [5.74, 6) is 0.465. The van der Waals surface area contributed by atoms with Crippen molar-refractivity contribution in [3.63, 3.8) is 0 Å². The number of fused-ring (bicyclic) bond motifs is 7. The van der Waals surface area contributed by atoms with E-state index < -0.39 is 36.0 Å². The molecule has 6 rings (SSSR count). The summed E-state index contributed by atoms with van der Waals surface area (Å²) < 4.78 is 12.1. The molecule has 4 saturated carbocycles. The molecule has 1 aliphatic heterocycles. The summed E-state index contributed by atoms with van der Waals surface area (Å²) in [7, 11) is 0. The largest absolute Gasteiger partial charge is 0.481 e. The maximum atomic E-state index is 12.9. The summed E-state index contributed by atoms with van der Waals surface area (Å²) in [6, 6.07) is 0. The number of aliphatic hydroxyl groups excluding tert-OH is 3. The summed E-state index contributed by atoms with van der Waals surface area (Å²) in [5, 5.41) is 41.3. The fourth-order valence-corrected chi connectivity index (χ4v) is 11.9. The molecule has 0 spiro atoms. The van der Waals surface area contributed by atoms with Crippen LogP contribution in [-0.4, -0.2) is 63.7 Å². The normalized spacial score (nSPS) is 53.0. The Bertz CT molecular complexity index is 1130. The van der Waals surface area contributed by atoms with Crippen molar-refractivity contribution >= 4 is 5.97 Å². The van der Waals surface area contributed by atoms with Gasteiger partial charge in [0.2, 0.25) is 0 Å². The maximum Gasteiger partial charge on any atom is 0.310 e. The Morgan fingerprint density at radius 1 is 0.881 bits per heavy atom. The first kappa shape index (κ1) is 31.0. The van der Waals surface area contributed by atoms with E-state index in [2.05, 4.69) is 54.5 Å². The lowest BCUT2D eigenvalue weighted by Crippen LogP contribution is -2.65. The number of aliphatic carboxylic acids is 1. The quantitative estimate of drug-likeness (QED) is 0.247. The molecule has 0 aromatic carbocycles. The van der Waals surface area contributed by atoms with Gasteiger partial charge in [-0.05, 0) is 109 Å². The summed E-state index contributed by atoms with van der Waals surface area (Å²) in [4.78, 5) is 12.9. The van der Waals surface area contributed by atoms with Gasteiger partial charge in [-0.25, -0.2) is 0 Å². The molecule has 0 aromatic rings. The summed E-state index contributed by atoms with van der Waals surface area (Å²) >= 11 is 0. The van der Waals surface area contributed by atoms with Crippen LogP contribution in [0.15, 0.2) is 11.6 Å². The zero-order chi connectivity index (χ0) is 30.7. The van der Waals surface area contributed by atoms with Gasteiger partial charge in [0.25, 0.3) is 0 Å². The maximum absolute atomic E-state index is 12.9. The van der Waals surface area contributed by atoms with Gasteiger partial charge in [0.05, 0.1) is 18.1 Å². The van der Waals surface area contributed by atoms with Gasteiger partial charge in [-0.15, -0.1) is 0 Å². The molecule has 0 radical (unpaired) electrons. The fourth-order valence-electron chi connectivity index (χ4n) is 11.9. The predicted octanol–water partition coefficient (Wildman–Crippen LogP) is 5.70. The average molecular weight is 589 g/mol. The molecule has 0 aromatic heterocycles. The molecule has 5 fully saturated rings. The number of allylic oxidation sites excluding steroid dienone is 2. The predicted molar refractivity (Wildman–Crippen MR) is 159 cm³/mol. The molecule has 42 heavy (non-hydrogen) atoms. The van der Waals surface area contributed by atoms with Crippen LogP contribution < -0.4 is 0 Å². The summed E-state index contributed by atoms with van der Waals surface area (Å²) in [6.45, 7) is 16.8. The Hall–Kier alpha value is -0.990. The van der Waals surface area contributed by atoms with Gasteiger partial charge < -0.3 is 29.9 Å². The molecule has 4 N–H and O–H groups in total. The molecule has 238 valence electrons. The molecule has 1 heterocycles. The number of carbonyl (C=O) groups is 1. The highest BCUT2D eigenvalue weighted by molar-refractivity contribution is 5.76. The third kappa shape index (κ3) is 4.12. The van der Waals surface area contributed by atoms with Gasteiger partial charge in [-0.2, -0.15) is 0 Å². The monoisotopic (exact) mass is 588 g/mol. The third-order valence-electron chi connectivity index (χ3n) is 14.8. The Balaban J connectivity index is 1.30. The van der Waals surface area contributed by atoms with E-state index in [1.165, 1.54) is 5.57 Å². The molecule has 0 bridgehead atoms. The molecule has 0 amide bonds. The first-order chi connectivity index (χ1) is 19.4. The van der Waals surface area contributed by atoms with Gasteiger partial charge >= 0.3 is 5.97 Å². The molecule has 1 saturated heterocycles. The standard InChI is InChI=1S/C35H56O7/c1-30(2)14-16-35(29(39)40)17-15-33(6)20(21(35)18-30)8-9-24-32(5)12-11-25(31(3,4)23(32)10-13-34(24,33)7)42-28-27(38)26(37)22(36)19-41-28/h8,21-28,36-38H,9-19H2,1-7H3,(H,39,40)/t21-,22+,23-,24+,25-,26-,27+,28-,32-,33-,34-,35-/m1/s1. The Morgan fingerprint density at radius 3 is 2.26 bits per heavy atom. The van der Waals surface area contributed by atoms with Crippen molar-refractivity contribution in [3.8, 4) is 0 Å². The number of hydrogen-bond donors (Lipinski definition) is 4. The van der Waals surface area contributed by atoms with Crippen LogP contribution in [0.25, 0.3) is 0 Å². The molecule has 6 aliphatic rings. The van der Waals surface area contributed by atoms with Crippen molar-refractivity contribution < 1.29 is 34.7 Å². The van der Waals surface area contributed by atoms with Crippen molar-refractivity contribution in [1.82, 2.24) is 0 Å². The van der Waals surface area contributed by atoms with E-state index >= 15 is 0 Å². The van der Waals surface area contributed by atoms with Crippen LogP contribution in [0.3, 0.4) is 0 Å². The van der Waals surface area contributed by atoms with Crippen LogP contribution in [-0.2, 0) is 14.3 Å². The summed E-state index contributed by atoms with van der Waals surface area (Å²) in [6.07, 6.45) is 7.38. The molecule has 0 unspecified atom stereocenters. The van der Waals surface area contributed by atoms with Crippen LogP contribution in [0.5, 0.6) is 0 Å². The van der Waals surface area contributed by atoms with Crippen LogP contribution in [0.4, 0.5) is 0 Å². The first-order valence-corrected chi connectivity index (χ1v) is 16.7. The highest BCUT2D eigenvalue weighted by Gasteiger charge is 2.69. The Morgan fingerprint density at radius 2 is 1.57 bits per heavy atom. The number of aliphatic hydroxyl groups is 3. The van der Waals surface area contributed by atoms with E-state index in [4.69, 9.17) is 9.47 Å². The van der Waals surface area contributed by atoms with E-state index in [0.29, 0.717) is 11.8 Å². The highest BCUT2D eigenvalue weighted by Crippen LogP contribution is 2.75. The van der Waals surface area contributed by atoms with Crippen LogP contribution in [0.1, 0.15) is 113 Å². The summed E-state index contributed by atoms with van der Waals surface area (Å²) in [5.41, 5.74) is 1.05. The number of hydrogen-bond acceptors (Lipinski definition) is 6. The van der Waals surface area contributed by atoms with E-state index in [-0.39, 0.29) is 45.7 Å². The highest BCUT2D eigenvalue weighted by atomic mass is 16.7. The Labute approximate surface area is 252 Å². The van der Waals surface area contributed by atoms with Gasteiger partial charge in [-0.1, -0.05) is 60.1 Å². The lowest BCUT2D eigenvalue weighted by atomic mass is 9.33. The molecule has 5 aliphatic carbocycles. The number of rotatable bonds is 3. The first-order valence-electron chi connectivity index (χ1n) is 16.7. The second-order valence-corrected chi connectivity index (χ2v) is 17.4. The van der Waals surface area contributed by atoms with Crippen molar-refractivity contribution in [2.24, 2.45) is 50.2 Å². The minimum Gasteiger partial charge on any atom is -0.481 e. The van der Waals surface area contributed by atoms with E-state index in [0.717, 1.165) is 64.2 Å². The molecular formula is C35H56O7. The van der Waals surface area contributed by atoms with E-state index in [1.54, 1.807) is 0 Å². The molecule has 7 heteroatoms. The lowest BCUT2D eigenvalue weighted by molar-refractivity contribution is -0.308. The number of ether oxygens (including phenoxy) is 2. The van der Waals surface area contributed by atoms with Crippen LogP contribution in [0, 0.1) is 50.2 Å². The average Bonchev–Trinajstić information content (AvgIpc) is 2.90. The molecular weight excluding hydrogens is 532 g/mol. The van der Waals surface area contributed by atoms with Crippen molar-refractivity contribution in [2.45, 2.75) is 143 Å². The van der Waals surface area contributed by atoms with Gasteiger partial charge in [-0.3, -0.25) is 4.79 Å². The van der Waals surface area contributed by atoms with Crippen molar-refractivity contribution in [2.75, 3.05) is 6.61 Å². The van der Waals surface area contributed by atoms with Crippen molar-refractivity contribution in [3.05, 3.63) is 11.6 Å².